The Balaban J connectivity index is 2.18. The third-order valence-corrected chi connectivity index (χ3v) is 4.97. The van der Waals surface area contributed by atoms with Crippen LogP contribution in [-0.2, 0) is 14.3 Å². The first-order chi connectivity index (χ1) is 10.1. The quantitative estimate of drug-likeness (QED) is 0.566. The molecular formula is C19H26O3. The fourth-order valence-electron chi connectivity index (χ4n) is 3.44. The summed E-state index contributed by atoms with van der Waals surface area (Å²) in [5.74, 6) is -0.128. The maximum Gasteiger partial charge on any atom is 0.317 e. The van der Waals surface area contributed by atoms with E-state index in [-0.39, 0.29) is 23.6 Å². The lowest BCUT2D eigenvalue weighted by Gasteiger charge is -2.20. The van der Waals surface area contributed by atoms with Gasteiger partial charge in [-0.2, -0.15) is 0 Å². The molecule has 0 saturated heterocycles. The number of ether oxygens (including phenoxy) is 1. The summed E-state index contributed by atoms with van der Waals surface area (Å²) >= 11 is 0. The molecule has 3 nitrogen and oxygen atoms in total. The maximum absolute atomic E-state index is 12.7. The minimum absolute atomic E-state index is 0.0709. The number of allylic oxidation sites excluding steroid dienone is 3. The van der Waals surface area contributed by atoms with Gasteiger partial charge in [0.2, 0.25) is 0 Å². The van der Waals surface area contributed by atoms with Gasteiger partial charge in [0.25, 0.3) is 0 Å². The zero-order valence-corrected chi connectivity index (χ0v) is 14.3. The summed E-state index contributed by atoms with van der Waals surface area (Å²) in [5, 5.41) is 0. The van der Waals surface area contributed by atoms with Crippen molar-refractivity contribution in [3.63, 3.8) is 0 Å². The molecule has 0 aliphatic heterocycles. The number of carbonyl (C=O) groups excluding carboxylic acids is 2. The number of hydrogen-bond acceptors (Lipinski definition) is 3. The van der Waals surface area contributed by atoms with E-state index in [4.69, 9.17) is 4.74 Å². The van der Waals surface area contributed by atoms with E-state index in [2.05, 4.69) is 20.4 Å². The minimum atomic E-state index is -0.531. The van der Waals surface area contributed by atoms with Crippen LogP contribution in [0.3, 0.4) is 0 Å². The number of hydrogen-bond donors (Lipinski definition) is 0. The van der Waals surface area contributed by atoms with Gasteiger partial charge in [-0.3, -0.25) is 9.59 Å². The molecule has 1 fully saturated rings. The van der Waals surface area contributed by atoms with Crippen LogP contribution in [0.5, 0.6) is 0 Å². The molecule has 0 amide bonds. The summed E-state index contributed by atoms with van der Waals surface area (Å²) in [5.41, 5.74) is 2.13. The molecule has 120 valence electrons. The van der Waals surface area contributed by atoms with Crippen molar-refractivity contribution in [1.29, 1.82) is 0 Å². The smallest absolute Gasteiger partial charge is 0.317 e. The van der Waals surface area contributed by atoms with Crippen LogP contribution >= 0.6 is 0 Å². The highest BCUT2D eigenvalue weighted by Crippen LogP contribution is 2.65. The fraction of sp³-hybridized carbons (Fsp3) is 0.579. The van der Waals surface area contributed by atoms with Gasteiger partial charge in [-0.05, 0) is 44.6 Å². The van der Waals surface area contributed by atoms with Gasteiger partial charge in [-0.25, -0.2) is 0 Å². The predicted molar refractivity (Wildman–Crippen MR) is 87.3 cm³/mol. The molecule has 3 heteroatoms. The van der Waals surface area contributed by atoms with Crippen molar-refractivity contribution in [1.82, 2.24) is 0 Å². The first-order valence-corrected chi connectivity index (χ1v) is 7.85. The summed E-state index contributed by atoms with van der Waals surface area (Å²) < 4.78 is 5.74. The van der Waals surface area contributed by atoms with Gasteiger partial charge in [0.05, 0.1) is 11.8 Å². The van der Waals surface area contributed by atoms with Crippen molar-refractivity contribution in [3.8, 4) is 0 Å². The summed E-state index contributed by atoms with van der Waals surface area (Å²) in [6.07, 6.45) is 4.95. The van der Waals surface area contributed by atoms with Gasteiger partial charge >= 0.3 is 5.97 Å². The Hall–Kier alpha value is -1.64. The summed E-state index contributed by atoms with van der Waals surface area (Å²) in [7, 11) is 0. The Bertz CT molecular complexity index is 588. The minimum Gasteiger partial charge on any atom is -0.457 e. The number of carbonyl (C=O) groups is 2. The van der Waals surface area contributed by atoms with E-state index in [1.54, 1.807) is 6.08 Å². The van der Waals surface area contributed by atoms with E-state index in [9.17, 15) is 9.59 Å². The highest BCUT2D eigenvalue weighted by molar-refractivity contribution is 6.00. The highest BCUT2D eigenvalue weighted by atomic mass is 16.5. The third-order valence-electron chi connectivity index (χ3n) is 4.97. The first kappa shape index (κ1) is 16.7. The van der Waals surface area contributed by atoms with E-state index < -0.39 is 11.5 Å². The average molecular weight is 302 g/mol. The molecule has 2 aliphatic rings. The van der Waals surface area contributed by atoms with Gasteiger partial charge in [-0.1, -0.05) is 31.6 Å². The van der Waals surface area contributed by atoms with E-state index in [0.717, 1.165) is 23.1 Å². The maximum atomic E-state index is 12.7. The molecule has 2 atom stereocenters. The van der Waals surface area contributed by atoms with Crippen molar-refractivity contribution in [3.05, 3.63) is 35.5 Å². The molecule has 1 saturated carbocycles. The zero-order valence-electron chi connectivity index (χ0n) is 14.3. The van der Waals surface area contributed by atoms with E-state index in [1.165, 1.54) is 0 Å². The number of Topliss-reactive ketones (excluding diaryl/α,β-unsaturated/α-hetero) is 1. The Kier molecular flexibility index (Phi) is 4.20. The van der Waals surface area contributed by atoms with Crippen LogP contribution in [-0.4, -0.2) is 17.9 Å². The van der Waals surface area contributed by atoms with Gasteiger partial charge in [0.1, 0.15) is 6.10 Å². The van der Waals surface area contributed by atoms with Crippen molar-refractivity contribution < 1.29 is 14.3 Å². The van der Waals surface area contributed by atoms with E-state index in [0.29, 0.717) is 6.42 Å². The molecule has 0 aromatic carbocycles. The third kappa shape index (κ3) is 2.69. The normalized spacial score (nSPS) is 29.3. The van der Waals surface area contributed by atoms with E-state index >= 15 is 0 Å². The zero-order chi connectivity index (χ0) is 16.7. The van der Waals surface area contributed by atoms with Crippen molar-refractivity contribution >= 4 is 11.8 Å². The van der Waals surface area contributed by atoms with Crippen LogP contribution in [0.2, 0.25) is 0 Å². The molecule has 0 radical (unpaired) electrons. The second-order valence-corrected chi connectivity index (χ2v) is 7.43. The van der Waals surface area contributed by atoms with Gasteiger partial charge in [0.15, 0.2) is 5.78 Å². The lowest BCUT2D eigenvalue weighted by atomic mass is 9.93. The number of rotatable bonds is 5. The summed E-state index contributed by atoms with van der Waals surface area (Å²) in [4.78, 5) is 24.8. The van der Waals surface area contributed by atoms with Crippen molar-refractivity contribution in [2.24, 2.45) is 10.8 Å². The Morgan fingerprint density at radius 2 is 2.00 bits per heavy atom. The molecule has 0 N–H and O–H groups in total. The lowest BCUT2D eigenvalue weighted by Crippen LogP contribution is -2.27. The Morgan fingerprint density at radius 3 is 2.45 bits per heavy atom. The molecule has 0 aromatic heterocycles. The van der Waals surface area contributed by atoms with Crippen LogP contribution in [0.4, 0.5) is 0 Å². The van der Waals surface area contributed by atoms with E-state index in [1.807, 2.05) is 26.8 Å². The number of ketones is 1. The second-order valence-electron chi connectivity index (χ2n) is 7.43. The number of esters is 1. The van der Waals surface area contributed by atoms with Crippen LogP contribution in [0.25, 0.3) is 0 Å². The summed E-state index contributed by atoms with van der Waals surface area (Å²) in [6.45, 7) is 13.7. The summed E-state index contributed by atoms with van der Waals surface area (Å²) in [6, 6.07) is 0. The van der Waals surface area contributed by atoms with Gasteiger partial charge in [-0.15, -0.1) is 6.58 Å². The SMILES string of the molecule is C=CCC1=C(C)[C@@H](OC(=O)[C@@]2(C=C(C)C)CC2(C)C)CC1=O. The monoisotopic (exact) mass is 302 g/mol. The average Bonchev–Trinajstić information content (AvgIpc) is 2.85. The fourth-order valence-corrected chi connectivity index (χ4v) is 3.44. The molecule has 0 spiro atoms. The Morgan fingerprint density at radius 1 is 1.41 bits per heavy atom. The predicted octanol–water partition coefficient (Wildman–Crippen LogP) is 4.15. The highest BCUT2D eigenvalue weighted by Gasteiger charge is 2.66. The largest absolute Gasteiger partial charge is 0.457 e. The molecule has 22 heavy (non-hydrogen) atoms. The molecule has 2 aliphatic carbocycles. The van der Waals surface area contributed by atoms with Gasteiger partial charge < -0.3 is 4.74 Å². The molecular weight excluding hydrogens is 276 g/mol. The van der Waals surface area contributed by atoms with Gasteiger partial charge in [0, 0.05) is 5.57 Å². The topological polar surface area (TPSA) is 43.4 Å². The standard InChI is InChI=1S/C19H26O3/c1-7-8-14-13(4)16(9-15(14)20)22-17(21)19(10-12(2)3)11-18(19,5)6/h7,10,16H,1,8-9,11H2,2-6H3/t16-,19+/m0/s1. The second kappa shape index (κ2) is 5.53. The van der Waals surface area contributed by atoms with Crippen LogP contribution in [0.15, 0.2) is 35.5 Å². The molecule has 0 heterocycles. The van der Waals surface area contributed by atoms with Crippen LogP contribution in [0, 0.1) is 10.8 Å². The van der Waals surface area contributed by atoms with Crippen molar-refractivity contribution in [2.75, 3.05) is 0 Å². The Labute approximate surface area is 133 Å². The lowest BCUT2D eigenvalue weighted by molar-refractivity contribution is -0.153. The molecule has 0 aromatic rings. The van der Waals surface area contributed by atoms with Crippen LogP contribution in [0.1, 0.15) is 53.9 Å². The molecule has 2 rings (SSSR count). The molecule has 0 bridgehead atoms. The first-order valence-electron chi connectivity index (χ1n) is 7.85. The molecule has 0 unspecified atom stereocenters. The van der Waals surface area contributed by atoms with Crippen molar-refractivity contribution in [2.45, 2.75) is 60.0 Å². The van der Waals surface area contributed by atoms with Crippen LogP contribution < -0.4 is 0 Å².